The molecule has 0 unspecified atom stereocenters. The number of anilines is 6. The number of aromatic nitrogens is 2. The van der Waals surface area contributed by atoms with Gasteiger partial charge in [-0.2, -0.15) is 0 Å². The Morgan fingerprint density at radius 3 is 1.41 bits per heavy atom. The zero-order chi connectivity index (χ0) is 34.0. The number of hydrogen-bond acceptors (Lipinski definition) is 5. The molecule has 0 atom stereocenters. The highest BCUT2D eigenvalue weighted by Crippen LogP contribution is 2.39. The summed E-state index contributed by atoms with van der Waals surface area (Å²) in [6.07, 6.45) is 1.71. The number of benzene rings is 7. The molecule has 5 heteroatoms. The molecule has 7 aromatic carbocycles. The van der Waals surface area contributed by atoms with Crippen molar-refractivity contribution in [1.82, 2.24) is 9.97 Å². The van der Waals surface area contributed by atoms with Gasteiger partial charge in [0, 0.05) is 45.9 Å². The smallest absolute Gasteiger partial charge is 0.247 e. The van der Waals surface area contributed by atoms with E-state index in [1.54, 1.807) is 6.20 Å². The zero-order valence-corrected chi connectivity index (χ0v) is 27.7. The minimum atomic E-state index is 0.538. The zero-order valence-electron chi connectivity index (χ0n) is 27.7. The Morgan fingerprint density at radius 2 is 0.843 bits per heavy atom. The average molecular weight is 657 g/mol. The summed E-state index contributed by atoms with van der Waals surface area (Å²) in [4.78, 5) is 13.5. The lowest BCUT2D eigenvalue weighted by Gasteiger charge is -2.26. The van der Waals surface area contributed by atoms with Crippen molar-refractivity contribution in [2.45, 2.75) is 0 Å². The molecule has 0 fully saturated rings. The van der Waals surface area contributed by atoms with Crippen molar-refractivity contribution >= 4 is 56.1 Å². The van der Waals surface area contributed by atoms with E-state index in [2.05, 4.69) is 177 Å². The standard InChI is InChI=1S/C46H32N4O/c1-3-12-38(13-4-1)49(41-28-22-36(23-29-41)45-48-44-16-9-31-47-46(44)51-45)40-24-17-34(18-25-40)35-19-26-42(27-20-35)50(39-14-5-2-6-15-39)43-30-21-33-10-7-8-11-37(33)32-43/h1-32H. The van der Waals surface area contributed by atoms with E-state index in [4.69, 9.17) is 4.42 Å². The lowest BCUT2D eigenvalue weighted by Crippen LogP contribution is -2.10. The minimum absolute atomic E-state index is 0.538. The first kappa shape index (κ1) is 30.1. The maximum absolute atomic E-state index is 5.92. The fourth-order valence-corrected chi connectivity index (χ4v) is 6.62. The monoisotopic (exact) mass is 656 g/mol. The summed E-state index contributed by atoms with van der Waals surface area (Å²) >= 11 is 0. The third-order valence-electron chi connectivity index (χ3n) is 9.14. The van der Waals surface area contributed by atoms with Crippen molar-refractivity contribution in [3.8, 4) is 22.6 Å². The van der Waals surface area contributed by atoms with E-state index < -0.39 is 0 Å². The van der Waals surface area contributed by atoms with Gasteiger partial charge in [0.15, 0.2) is 0 Å². The number of rotatable bonds is 8. The van der Waals surface area contributed by atoms with Gasteiger partial charge in [0.2, 0.25) is 11.6 Å². The number of hydrogen-bond donors (Lipinski definition) is 0. The summed E-state index contributed by atoms with van der Waals surface area (Å²) in [5.74, 6) is 0.557. The second-order valence-corrected chi connectivity index (χ2v) is 12.4. The molecular weight excluding hydrogens is 625 g/mol. The molecule has 0 bridgehead atoms. The summed E-state index contributed by atoms with van der Waals surface area (Å²) in [5.41, 5.74) is 11.0. The third kappa shape index (κ3) is 5.98. The van der Waals surface area contributed by atoms with E-state index in [1.165, 1.54) is 10.8 Å². The molecule has 51 heavy (non-hydrogen) atoms. The van der Waals surface area contributed by atoms with E-state index in [0.29, 0.717) is 11.6 Å². The van der Waals surface area contributed by atoms with Crippen LogP contribution in [0, 0.1) is 0 Å². The Labute approximate surface area is 296 Å². The quantitative estimate of drug-likeness (QED) is 0.163. The van der Waals surface area contributed by atoms with Crippen LogP contribution in [-0.4, -0.2) is 9.97 Å². The Hall–Kier alpha value is -6.98. The molecule has 9 aromatic rings. The fourth-order valence-electron chi connectivity index (χ4n) is 6.62. The largest absolute Gasteiger partial charge is 0.418 e. The van der Waals surface area contributed by atoms with Crippen LogP contribution in [0.15, 0.2) is 199 Å². The van der Waals surface area contributed by atoms with Crippen molar-refractivity contribution in [1.29, 1.82) is 0 Å². The highest BCUT2D eigenvalue weighted by molar-refractivity contribution is 5.89. The lowest BCUT2D eigenvalue weighted by molar-refractivity contribution is 0.608. The number of para-hydroxylation sites is 2. The average Bonchev–Trinajstić information content (AvgIpc) is 3.65. The molecule has 0 spiro atoms. The number of nitrogens with zero attached hydrogens (tertiary/aromatic N) is 4. The molecule has 5 nitrogen and oxygen atoms in total. The third-order valence-corrected chi connectivity index (χ3v) is 9.14. The van der Waals surface area contributed by atoms with Gasteiger partial charge in [-0.15, -0.1) is 0 Å². The topological polar surface area (TPSA) is 45.4 Å². The van der Waals surface area contributed by atoms with Crippen molar-refractivity contribution in [3.05, 3.63) is 194 Å². The number of pyridine rings is 1. The van der Waals surface area contributed by atoms with Gasteiger partial charge in [-0.25, -0.2) is 9.97 Å². The van der Waals surface area contributed by atoms with Gasteiger partial charge in [-0.3, -0.25) is 0 Å². The Bertz CT molecular complexity index is 2530. The maximum atomic E-state index is 5.92. The first-order valence-corrected chi connectivity index (χ1v) is 17.0. The summed E-state index contributed by atoms with van der Waals surface area (Å²) in [6.45, 7) is 0. The second-order valence-electron chi connectivity index (χ2n) is 12.4. The van der Waals surface area contributed by atoms with Gasteiger partial charge in [0.1, 0.15) is 5.52 Å². The normalized spacial score (nSPS) is 11.1. The summed E-state index contributed by atoms with van der Waals surface area (Å²) < 4.78 is 5.92. The molecule has 0 radical (unpaired) electrons. The van der Waals surface area contributed by atoms with Crippen LogP contribution in [0.5, 0.6) is 0 Å². The molecule has 0 aliphatic rings. The van der Waals surface area contributed by atoms with Crippen LogP contribution in [0.1, 0.15) is 0 Å². The van der Waals surface area contributed by atoms with Crippen LogP contribution in [0.2, 0.25) is 0 Å². The summed E-state index contributed by atoms with van der Waals surface area (Å²) in [6, 6.07) is 65.7. The molecule has 2 aromatic heterocycles. The van der Waals surface area contributed by atoms with Crippen LogP contribution >= 0.6 is 0 Å². The van der Waals surface area contributed by atoms with Crippen LogP contribution in [-0.2, 0) is 0 Å². The molecule has 0 saturated carbocycles. The molecule has 0 aliphatic carbocycles. The molecule has 0 N–H and O–H groups in total. The molecule has 2 heterocycles. The van der Waals surface area contributed by atoms with Crippen molar-refractivity contribution in [3.63, 3.8) is 0 Å². The van der Waals surface area contributed by atoms with Gasteiger partial charge in [0.05, 0.1) is 0 Å². The summed E-state index contributed by atoms with van der Waals surface area (Å²) in [5, 5.41) is 2.45. The predicted octanol–water partition coefficient (Wildman–Crippen LogP) is 12.6. The second kappa shape index (κ2) is 13.1. The van der Waals surface area contributed by atoms with Crippen LogP contribution in [0.3, 0.4) is 0 Å². The van der Waals surface area contributed by atoms with Crippen molar-refractivity contribution in [2.24, 2.45) is 0 Å². The Kier molecular flexibility index (Phi) is 7.76. The number of oxazole rings is 1. The highest BCUT2D eigenvalue weighted by Gasteiger charge is 2.16. The summed E-state index contributed by atoms with van der Waals surface area (Å²) in [7, 11) is 0. The van der Waals surface area contributed by atoms with E-state index >= 15 is 0 Å². The Balaban J connectivity index is 1.01. The van der Waals surface area contributed by atoms with E-state index in [0.717, 1.165) is 56.3 Å². The molecule has 242 valence electrons. The van der Waals surface area contributed by atoms with Gasteiger partial charge in [0.25, 0.3) is 0 Å². The molecular formula is C46H32N4O. The van der Waals surface area contributed by atoms with E-state index in [1.807, 2.05) is 30.3 Å². The molecule has 9 rings (SSSR count). The van der Waals surface area contributed by atoms with Crippen LogP contribution in [0.25, 0.3) is 44.6 Å². The van der Waals surface area contributed by atoms with Gasteiger partial charge in [-0.05, 0) is 119 Å². The van der Waals surface area contributed by atoms with Crippen molar-refractivity contribution < 1.29 is 4.42 Å². The van der Waals surface area contributed by atoms with Crippen LogP contribution in [0.4, 0.5) is 34.1 Å². The highest BCUT2D eigenvalue weighted by atomic mass is 16.4. The van der Waals surface area contributed by atoms with E-state index in [9.17, 15) is 0 Å². The lowest BCUT2D eigenvalue weighted by atomic mass is 10.0. The SMILES string of the molecule is c1ccc(N(c2ccc(-c3ccc(N(c4ccccc4)c4ccc5ccccc5c4)cc3)cc2)c2ccc(-c3nc4cccnc4o3)cc2)cc1. The van der Waals surface area contributed by atoms with Gasteiger partial charge in [-0.1, -0.05) is 91.0 Å². The van der Waals surface area contributed by atoms with Gasteiger partial charge < -0.3 is 14.2 Å². The van der Waals surface area contributed by atoms with Crippen LogP contribution < -0.4 is 9.80 Å². The Morgan fingerprint density at radius 1 is 0.373 bits per heavy atom. The fraction of sp³-hybridized carbons (Fsp3) is 0. The number of fused-ring (bicyclic) bond motifs is 2. The molecule has 0 aliphatic heterocycles. The van der Waals surface area contributed by atoms with Crippen molar-refractivity contribution in [2.75, 3.05) is 9.80 Å². The minimum Gasteiger partial charge on any atom is -0.418 e. The molecule has 0 amide bonds. The first-order valence-electron chi connectivity index (χ1n) is 17.0. The van der Waals surface area contributed by atoms with Gasteiger partial charge >= 0.3 is 0 Å². The first-order chi connectivity index (χ1) is 25.3. The molecule has 0 saturated heterocycles. The maximum Gasteiger partial charge on any atom is 0.247 e. The van der Waals surface area contributed by atoms with E-state index in [-0.39, 0.29) is 0 Å². The predicted molar refractivity (Wildman–Crippen MR) is 210 cm³/mol.